The SMILES string of the molecule is O=C(Cc1c(O)c2ccccc2[nH]c1=O)Nc1ccccc1Cl. The quantitative estimate of drug-likeness (QED) is 0.691. The van der Waals surface area contributed by atoms with Crippen LogP contribution in [0.4, 0.5) is 5.69 Å². The van der Waals surface area contributed by atoms with Gasteiger partial charge in [0.25, 0.3) is 5.56 Å². The second-order valence-electron chi connectivity index (χ2n) is 5.03. The van der Waals surface area contributed by atoms with Gasteiger partial charge in [-0.05, 0) is 24.3 Å². The van der Waals surface area contributed by atoms with E-state index in [1.54, 1.807) is 48.5 Å². The van der Waals surface area contributed by atoms with Crippen molar-refractivity contribution in [1.29, 1.82) is 0 Å². The number of carbonyl (C=O) groups is 1. The number of hydrogen-bond donors (Lipinski definition) is 3. The van der Waals surface area contributed by atoms with Crippen molar-refractivity contribution in [3.05, 3.63) is 69.5 Å². The maximum atomic E-state index is 12.1. The van der Waals surface area contributed by atoms with Gasteiger partial charge in [-0.2, -0.15) is 0 Å². The van der Waals surface area contributed by atoms with Crippen LogP contribution in [0.3, 0.4) is 0 Å². The second-order valence-corrected chi connectivity index (χ2v) is 5.44. The monoisotopic (exact) mass is 328 g/mol. The molecule has 0 atom stereocenters. The summed E-state index contributed by atoms with van der Waals surface area (Å²) in [6.07, 6.45) is -0.253. The number of carbonyl (C=O) groups excluding carboxylic acids is 1. The lowest BCUT2D eigenvalue weighted by Crippen LogP contribution is -2.21. The van der Waals surface area contributed by atoms with Crippen LogP contribution in [0.5, 0.6) is 5.75 Å². The molecule has 0 saturated heterocycles. The number of para-hydroxylation sites is 2. The van der Waals surface area contributed by atoms with E-state index in [1.165, 1.54) is 0 Å². The van der Waals surface area contributed by atoms with E-state index >= 15 is 0 Å². The van der Waals surface area contributed by atoms with Crippen LogP contribution in [0.2, 0.25) is 5.02 Å². The van der Waals surface area contributed by atoms with Crippen molar-refractivity contribution in [3.8, 4) is 5.75 Å². The highest BCUT2D eigenvalue weighted by molar-refractivity contribution is 6.33. The maximum absolute atomic E-state index is 12.1. The maximum Gasteiger partial charge on any atom is 0.255 e. The van der Waals surface area contributed by atoms with Crippen LogP contribution in [0.25, 0.3) is 10.9 Å². The first kappa shape index (κ1) is 15.1. The molecule has 0 aliphatic heterocycles. The molecule has 0 saturated carbocycles. The van der Waals surface area contributed by atoms with E-state index < -0.39 is 11.5 Å². The van der Waals surface area contributed by atoms with Gasteiger partial charge in [-0.15, -0.1) is 0 Å². The van der Waals surface area contributed by atoms with E-state index in [1.807, 2.05) is 0 Å². The number of hydrogen-bond acceptors (Lipinski definition) is 3. The summed E-state index contributed by atoms with van der Waals surface area (Å²) in [5, 5.41) is 13.8. The van der Waals surface area contributed by atoms with E-state index in [2.05, 4.69) is 10.3 Å². The average Bonchev–Trinajstić information content (AvgIpc) is 2.54. The molecule has 3 rings (SSSR count). The fourth-order valence-corrected chi connectivity index (χ4v) is 2.53. The van der Waals surface area contributed by atoms with Crippen LogP contribution in [0.1, 0.15) is 5.56 Å². The highest BCUT2D eigenvalue weighted by Crippen LogP contribution is 2.25. The molecule has 0 aliphatic carbocycles. The molecule has 0 fully saturated rings. The van der Waals surface area contributed by atoms with Gasteiger partial charge in [0.1, 0.15) is 5.75 Å². The molecular formula is C17H13ClN2O3. The molecule has 0 aliphatic rings. The largest absolute Gasteiger partial charge is 0.507 e. The number of aromatic hydroxyl groups is 1. The molecule has 0 unspecified atom stereocenters. The molecule has 1 amide bonds. The molecule has 3 aromatic rings. The average molecular weight is 329 g/mol. The number of pyridine rings is 1. The van der Waals surface area contributed by atoms with Gasteiger partial charge < -0.3 is 15.4 Å². The summed E-state index contributed by atoms with van der Waals surface area (Å²) in [4.78, 5) is 26.9. The fourth-order valence-electron chi connectivity index (χ4n) is 2.35. The minimum atomic E-state index is -0.490. The van der Waals surface area contributed by atoms with Gasteiger partial charge in [-0.1, -0.05) is 35.9 Å². The predicted molar refractivity (Wildman–Crippen MR) is 90.0 cm³/mol. The first-order chi connectivity index (χ1) is 11.1. The minimum Gasteiger partial charge on any atom is -0.507 e. The van der Waals surface area contributed by atoms with Crippen LogP contribution in [0, 0.1) is 0 Å². The second kappa shape index (κ2) is 6.14. The number of H-pyrrole nitrogens is 1. The molecule has 2 aromatic carbocycles. The van der Waals surface area contributed by atoms with Crippen LogP contribution in [-0.4, -0.2) is 16.0 Å². The number of aromatic nitrogens is 1. The van der Waals surface area contributed by atoms with Crippen molar-refractivity contribution in [1.82, 2.24) is 4.98 Å². The molecule has 23 heavy (non-hydrogen) atoms. The Labute approximate surface area is 136 Å². The Morgan fingerprint density at radius 3 is 2.61 bits per heavy atom. The van der Waals surface area contributed by atoms with Gasteiger partial charge >= 0.3 is 0 Å². The lowest BCUT2D eigenvalue weighted by Gasteiger charge is -2.09. The standard InChI is InChI=1S/C17H13ClN2O3/c18-12-6-2-4-8-14(12)19-15(21)9-11-16(22)10-5-1-3-7-13(10)20-17(11)23/h1-8H,9H2,(H,19,21)(H2,20,22,23). The number of benzene rings is 2. The molecule has 0 spiro atoms. The normalized spacial score (nSPS) is 10.7. The molecule has 3 N–H and O–H groups in total. The van der Waals surface area contributed by atoms with E-state index in [4.69, 9.17) is 11.6 Å². The zero-order chi connectivity index (χ0) is 16.4. The van der Waals surface area contributed by atoms with Gasteiger partial charge in [0.15, 0.2) is 0 Å². The molecule has 1 heterocycles. The highest BCUT2D eigenvalue weighted by Gasteiger charge is 2.15. The number of nitrogens with one attached hydrogen (secondary N) is 2. The Kier molecular flexibility index (Phi) is 4.04. The number of halogens is 1. The Morgan fingerprint density at radius 2 is 1.83 bits per heavy atom. The number of amides is 1. The first-order valence-electron chi connectivity index (χ1n) is 6.93. The fraction of sp³-hybridized carbons (Fsp3) is 0.0588. The van der Waals surface area contributed by atoms with Gasteiger partial charge in [-0.3, -0.25) is 9.59 Å². The summed E-state index contributed by atoms with van der Waals surface area (Å²) in [5.41, 5.74) is 0.505. The number of aromatic amines is 1. The van der Waals surface area contributed by atoms with Gasteiger partial charge in [0.2, 0.25) is 5.91 Å². The topological polar surface area (TPSA) is 82.2 Å². The Hall–Kier alpha value is -2.79. The van der Waals surface area contributed by atoms with Gasteiger partial charge in [-0.25, -0.2) is 0 Å². The summed E-state index contributed by atoms with van der Waals surface area (Å²) >= 11 is 5.98. The van der Waals surface area contributed by atoms with E-state index in [-0.39, 0.29) is 17.7 Å². The first-order valence-corrected chi connectivity index (χ1v) is 7.31. The number of rotatable bonds is 3. The zero-order valence-corrected chi connectivity index (χ0v) is 12.7. The van der Waals surface area contributed by atoms with Crippen LogP contribution in [0.15, 0.2) is 53.3 Å². The van der Waals surface area contributed by atoms with E-state index in [9.17, 15) is 14.7 Å². The van der Waals surface area contributed by atoms with Crippen molar-refractivity contribution in [3.63, 3.8) is 0 Å². The highest BCUT2D eigenvalue weighted by atomic mass is 35.5. The molecular weight excluding hydrogens is 316 g/mol. The number of fused-ring (bicyclic) bond motifs is 1. The molecule has 6 heteroatoms. The van der Waals surface area contributed by atoms with Crippen molar-refractivity contribution < 1.29 is 9.90 Å². The summed E-state index contributed by atoms with van der Waals surface area (Å²) in [6.45, 7) is 0. The molecule has 116 valence electrons. The van der Waals surface area contributed by atoms with Crippen molar-refractivity contribution >= 4 is 34.1 Å². The summed E-state index contributed by atoms with van der Waals surface area (Å²) < 4.78 is 0. The van der Waals surface area contributed by atoms with Crippen LogP contribution in [-0.2, 0) is 11.2 Å². The third-order valence-electron chi connectivity index (χ3n) is 3.48. The Bertz CT molecular complexity index is 950. The molecule has 5 nitrogen and oxygen atoms in total. The zero-order valence-electron chi connectivity index (χ0n) is 12.0. The van der Waals surface area contributed by atoms with Crippen LogP contribution < -0.4 is 10.9 Å². The van der Waals surface area contributed by atoms with Crippen molar-refractivity contribution in [2.24, 2.45) is 0 Å². The number of anilines is 1. The molecule has 0 bridgehead atoms. The molecule has 1 aromatic heterocycles. The van der Waals surface area contributed by atoms with E-state index in [0.717, 1.165) is 0 Å². The summed E-state index contributed by atoms with van der Waals surface area (Å²) in [5.74, 6) is -0.618. The van der Waals surface area contributed by atoms with Crippen LogP contribution >= 0.6 is 11.6 Å². The van der Waals surface area contributed by atoms with E-state index in [0.29, 0.717) is 21.6 Å². The van der Waals surface area contributed by atoms with Crippen molar-refractivity contribution in [2.45, 2.75) is 6.42 Å². The Balaban J connectivity index is 1.91. The van der Waals surface area contributed by atoms with Crippen molar-refractivity contribution in [2.75, 3.05) is 5.32 Å². The summed E-state index contributed by atoms with van der Waals surface area (Å²) in [7, 11) is 0. The van der Waals surface area contributed by atoms with Gasteiger partial charge in [0, 0.05) is 5.39 Å². The smallest absolute Gasteiger partial charge is 0.255 e. The third-order valence-corrected chi connectivity index (χ3v) is 3.81. The minimum absolute atomic E-state index is 0.0215. The lowest BCUT2D eigenvalue weighted by atomic mass is 10.1. The van der Waals surface area contributed by atoms with Gasteiger partial charge in [0.05, 0.1) is 28.2 Å². The predicted octanol–water partition coefficient (Wildman–Crippen LogP) is 3.07. The summed E-state index contributed by atoms with van der Waals surface area (Å²) in [6, 6.07) is 13.7. The molecule has 0 radical (unpaired) electrons. The lowest BCUT2D eigenvalue weighted by molar-refractivity contribution is -0.115. The third kappa shape index (κ3) is 3.05. The Morgan fingerprint density at radius 1 is 1.13 bits per heavy atom.